The number of aromatic nitrogens is 2. The number of nitrogens with two attached hydrogens (primary N) is 1. The van der Waals surface area contributed by atoms with Crippen LogP contribution in [0.1, 0.15) is 16.2 Å². The number of carboxylic acids is 1. The van der Waals surface area contributed by atoms with Gasteiger partial charge in [-0.3, -0.25) is 10.1 Å². The number of carbonyl (C=O) groups is 1. The first-order valence-corrected chi connectivity index (χ1v) is 7.04. The molecule has 0 atom stereocenters. The minimum absolute atomic E-state index is 0.0363. The molecule has 1 heterocycles. The molecule has 9 heteroatoms. The van der Waals surface area contributed by atoms with E-state index in [-0.39, 0.29) is 28.0 Å². The lowest BCUT2D eigenvalue weighted by Gasteiger charge is -2.11. The van der Waals surface area contributed by atoms with Crippen molar-refractivity contribution >= 4 is 28.4 Å². The van der Waals surface area contributed by atoms with E-state index >= 15 is 0 Å². The van der Waals surface area contributed by atoms with Crippen molar-refractivity contribution in [1.82, 2.24) is 9.97 Å². The predicted molar refractivity (Wildman–Crippen MR) is 87.7 cm³/mol. The maximum absolute atomic E-state index is 15.0. The molecule has 8 nitrogen and oxygen atoms in total. The highest BCUT2D eigenvalue weighted by Gasteiger charge is 2.19. The molecule has 25 heavy (non-hydrogen) atoms. The van der Waals surface area contributed by atoms with Crippen LogP contribution in [0.25, 0.3) is 22.0 Å². The number of hydrogen-bond acceptors (Lipinski definition) is 6. The predicted octanol–water partition coefficient (Wildman–Crippen LogP) is 2.93. The fourth-order valence-electron chi connectivity index (χ4n) is 2.53. The zero-order chi connectivity index (χ0) is 18.3. The average Bonchev–Trinajstić information content (AvgIpc) is 2.55. The summed E-state index contributed by atoms with van der Waals surface area (Å²) in [5.41, 5.74) is 6.61. The van der Waals surface area contributed by atoms with E-state index in [1.165, 1.54) is 30.3 Å². The fraction of sp³-hybridized carbons (Fsp3) is 0.0625. The maximum atomic E-state index is 15.0. The molecular formula is C16H11FN4O4. The Bertz CT molecular complexity index is 1050. The van der Waals surface area contributed by atoms with E-state index in [0.717, 1.165) is 0 Å². The van der Waals surface area contributed by atoms with Crippen molar-refractivity contribution in [2.45, 2.75) is 6.92 Å². The molecule has 2 aromatic carbocycles. The Kier molecular flexibility index (Phi) is 3.76. The summed E-state index contributed by atoms with van der Waals surface area (Å²) in [6.45, 7) is 1.69. The Morgan fingerprint density at radius 1 is 1.24 bits per heavy atom. The van der Waals surface area contributed by atoms with Crippen molar-refractivity contribution in [3.8, 4) is 11.1 Å². The molecule has 126 valence electrons. The number of nitrogen functional groups attached to an aromatic ring is 1. The van der Waals surface area contributed by atoms with Crippen molar-refractivity contribution in [2.24, 2.45) is 0 Å². The zero-order valence-corrected chi connectivity index (χ0v) is 12.9. The third-order valence-corrected chi connectivity index (χ3v) is 3.74. The van der Waals surface area contributed by atoms with Gasteiger partial charge in [-0.1, -0.05) is 6.07 Å². The van der Waals surface area contributed by atoms with E-state index in [1.807, 2.05) is 0 Å². The molecule has 0 aliphatic heterocycles. The van der Waals surface area contributed by atoms with E-state index in [2.05, 4.69) is 9.97 Å². The van der Waals surface area contributed by atoms with Crippen LogP contribution in [0.2, 0.25) is 0 Å². The van der Waals surface area contributed by atoms with Gasteiger partial charge in [-0.2, -0.15) is 0 Å². The van der Waals surface area contributed by atoms with E-state index in [1.54, 1.807) is 6.92 Å². The molecule has 0 radical (unpaired) electrons. The largest absolute Gasteiger partial charge is 0.475 e. The fourth-order valence-corrected chi connectivity index (χ4v) is 2.53. The minimum Gasteiger partial charge on any atom is -0.475 e. The van der Waals surface area contributed by atoms with Crippen LogP contribution in [0.4, 0.5) is 15.9 Å². The number of rotatable bonds is 3. The second kappa shape index (κ2) is 5.78. The number of aryl methyl sites for hydroxylation is 1. The molecule has 0 saturated carbocycles. The molecule has 0 aliphatic rings. The van der Waals surface area contributed by atoms with Crippen molar-refractivity contribution in [1.29, 1.82) is 0 Å². The van der Waals surface area contributed by atoms with Gasteiger partial charge in [0.15, 0.2) is 0 Å². The Morgan fingerprint density at radius 2 is 1.96 bits per heavy atom. The number of aromatic carboxylic acids is 1. The van der Waals surface area contributed by atoms with Gasteiger partial charge in [0.1, 0.15) is 11.6 Å². The smallest absolute Gasteiger partial charge is 0.374 e. The lowest BCUT2D eigenvalue weighted by Crippen LogP contribution is -2.08. The van der Waals surface area contributed by atoms with Crippen molar-refractivity contribution in [2.75, 3.05) is 5.73 Å². The van der Waals surface area contributed by atoms with E-state index in [4.69, 9.17) is 10.8 Å². The summed E-state index contributed by atoms with van der Waals surface area (Å²) in [5.74, 6) is -3.00. The standard InChI is InChI=1S/C16H11FN4O4/c1-7-2-3-8(21(24)25)6-10(7)9-4-5-11-12(13(9)17)14(18)20-15(19-11)16(22)23/h2-6H,1H3,(H,22,23)(H2,18,19,20). The molecule has 3 aromatic rings. The summed E-state index contributed by atoms with van der Waals surface area (Å²) in [6.07, 6.45) is 0. The van der Waals surface area contributed by atoms with Crippen LogP contribution in [0.5, 0.6) is 0 Å². The second-order valence-electron chi connectivity index (χ2n) is 5.32. The number of nitrogens with zero attached hydrogens (tertiary/aromatic N) is 3. The van der Waals surface area contributed by atoms with Gasteiger partial charge < -0.3 is 10.8 Å². The number of hydrogen-bond donors (Lipinski definition) is 2. The molecule has 0 aliphatic carbocycles. The first kappa shape index (κ1) is 16.2. The Hall–Kier alpha value is -3.62. The number of anilines is 1. The van der Waals surface area contributed by atoms with Crippen molar-refractivity contribution in [3.05, 3.63) is 57.7 Å². The summed E-state index contributed by atoms with van der Waals surface area (Å²) in [5, 5.41) is 19.8. The first-order chi connectivity index (χ1) is 11.8. The quantitative estimate of drug-likeness (QED) is 0.552. The van der Waals surface area contributed by atoms with Gasteiger partial charge in [0.05, 0.1) is 15.8 Å². The van der Waals surface area contributed by atoms with E-state index in [9.17, 15) is 19.3 Å². The molecular weight excluding hydrogens is 331 g/mol. The zero-order valence-electron chi connectivity index (χ0n) is 12.9. The lowest BCUT2D eigenvalue weighted by molar-refractivity contribution is -0.384. The van der Waals surface area contributed by atoms with Crippen LogP contribution in [-0.2, 0) is 0 Å². The number of halogens is 1. The molecule has 1 aromatic heterocycles. The second-order valence-corrected chi connectivity index (χ2v) is 5.32. The highest BCUT2D eigenvalue weighted by atomic mass is 19.1. The van der Waals surface area contributed by atoms with Crippen molar-refractivity contribution < 1.29 is 19.2 Å². The Labute approximate surface area is 139 Å². The van der Waals surface area contributed by atoms with Gasteiger partial charge in [-0.25, -0.2) is 19.2 Å². The molecule has 0 bridgehead atoms. The van der Waals surface area contributed by atoms with Crippen LogP contribution in [0, 0.1) is 22.9 Å². The third-order valence-electron chi connectivity index (χ3n) is 3.74. The number of carboxylic acid groups (broad SMARTS) is 1. The van der Waals surface area contributed by atoms with Crippen LogP contribution >= 0.6 is 0 Å². The minimum atomic E-state index is -1.38. The van der Waals surface area contributed by atoms with Gasteiger partial charge >= 0.3 is 5.97 Å². The number of nitro benzene ring substituents is 1. The molecule has 0 fully saturated rings. The number of benzene rings is 2. The van der Waals surface area contributed by atoms with E-state index in [0.29, 0.717) is 11.1 Å². The molecule has 3 rings (SSSR count). The highest BCUT2D eigenvalue weighted by Crippen LogP contribution is 2.34. The lowest BCUT2D eigenvalue weighted by atomic mass is 9.97. The van der Waals surface area contributed by atoms with Crippen LogP contribution in [-0.4, -0.2) is 26.0 Å². The topological polar surface area (TPSA) is 132 Å². The molecule has 0 unspecified atom stereocenters. The normalized spacial score (nSPS) is 10.8. The van der Waals surface area contributed by atoms with Gasteiger partial charge in [0.2, 0.25) is 5.82 Å². The van der Waals surface area contributed by atoms with Gasteiger partial charge in [0, 0.05) is 17.7 Å². The van der Waals surface area contributed by atoms with E-state index < -0.39 is 22.5 Å². The molecule has 0 saturated heterocycles. The Morgan fingerprint density at radius 3 is 2.60 bits per heavy atom. The summed E-state index contributed by atoms with van der Waals surface area (Å²) in [6, 6.07) is 6.89. The summed E-state index contributed by atoms with van der Waals surface area (Å²) < 4.78 is 15.0. The van der Waals surface area contributed by atoms with Crippen molar-refractivity contribution in [3.63, 3.8) is 0 Å². The van der Waals surface area contributed by atoms with Gasteiger partial charge in [0.25, 0.3) is 5.69 Å². The Balaban J connectivity index is 2.29. The van der Waals surface area contributed by atoms with Gasteiger partial charge in [-0.05, 0) is 30.2 Å². The highest BCUT2D eigenvalue weighted by molar-refractivity contribution is 5.96. The number of fused-ring (bicyclic) bond motifs is 1. The monoisotopic (exact) mass is 342 g/mol. The SMILES string of the molecule is Cc1ccc([N+](=O)[O-])cc1-c1ccc2nc(C(=O)O)nc(N)c2c1F. The number of non-ortho nitro benzene ring substituents is 1. The summed E-state index contributed by atoms with van der Waals surface area (Å²) >= 11 is 0. The summed E-state index contributed by atoms with van der Waals surface area (Å²) in [7, 11) is 0. The number of nitro groups is 1. The summed E-state index contributed by atoms with van der Waals surface area (Å²) in [4.78, 5) is 28.7. The molecule has 3 N–H and O–H groups in total. The average molecular weight is 342 g/mol. The molecule has 0 spiro atoms. The third kappa shape index (κ3) is 2.71. The molecule has 0 amide bonds. The first-order valence-electron chi connectivity index (χ1n) is 7.04. The van der Waals surface area contributed by atoms with Crippen LogP contribution < -0.4 is 5.73 Å². The van der Waals surface area contributed by atoms with Crippen LogP contribution in [0.15, 0.2) is 30.3 Å². The van der Waals surface area contributed by atoms with Crippen LogP contribution in [0.3, 0.4) is 0 Å². The maximum Gasteiger partial charge on any atom is 0.374 e. The van der Waals surface area contributed by atoms with Gasteiger partial charge in [-0.15, -0.1) is 0 Å².